The molecule has 1 saturated heterocycles. The highest BCUT2D eigenvalue weighted by Gasteiger charge is 2.28. The van der Waals surface area contributed by atoms with Crippen molar-refractivity contribution < 1.29 is 24.2 Å². The van der Waals surface area contributed by atoms with Gasteiger partial charge in [0.2, 0.25) is 5.91 Å². The Bertz CT molecular complexity index is 563. The van der Waals surface area contributed by atoms with Crippen LogP contribution in [0, 0.1) is 0 Å². The van der Waals surface area contributed by atoms with E-state index in [4.69, 9.17) is 9.84 Å². The smallest absolute Gasteiger partial charge is 0.305 e. The average molecular weight is 337 g/mol. The molecule has 7 heteroatoms. The molecule has 1 amide bonds. The maximum atomic E-state index is 12.3. The Morgan fingerprint density at radius 1 is 1.22 bits per heavy atom. The number of hydrogen-bond acceptors (Lipinski definition) is 5. The molecule has 1 aliphatic rings. The van der Waals surface area contributed by atoms with E-state index in [0.717, 1.165) is 0 Å². The molecule has 0 aliphatic carbocycles. The molecule has 1 unspecified atom stereocenters. The Morgan fingerprint density at radius 2 is 1.96 bits per heavy atom. The highest BCUT2D eigenvalue weighted by Crippen LogP contribution is 2.14. The normalized spacial score (nSPS) is 17.7. The van der Waals surface area contributed by atoms with Gasteiger partial charge in [0.15, 0.2) is 5.78 Å². The lowest BCUT2D eigenvalue weighted by atomic mass is 10.1. The third kappa shape index (κ3) is 5.37. The van der Waals surface area contributed by atoms with E-state index in [2.05, 4.69) is 0 Å². The number of carboxylic acid groups (broad SMARTS) is 1. The minimum Gasteiger partial charge on any atom is -0.481 e. The third-order valence-electron chi connectivity index (χ3n) is 3.51. The Kier molecular flexibility index (Phi) is 6.61. The molecule has 1 N–H and O–H groups in total. The van der Waals surface area contributed by atoms with E-state index < -0.39 is 12.0 Å². The van der Waals surface area contributed by atoms with Gasteiger partial charge in [-0.1, -0.05) is 30.3 Å². The summed E-state index contributed by atoms with van der Waals surface area (Å²) >= 11 is 1.25. The van der Waals surface area contributed by atoms with Crippen LogP contribution in [0.3, 0.4) is 0 Å². The van der Waals surface area contributed by atoms with Crippen LogP contribution in [0.25, 0.3) is 0 Å². The molecule has 1 aromatic rings. The van der Waals surface area contributed by atoms with Gasteiger partial charge >= 0.3 is 5.97 Å². The summed E-state index contributed by atoms with van der Waals surface area (Å²) in [7, 11) is 0. The Labute approximate surface area is 138 Å². The predicted molar refractivity (Wildman–Crippen MR) is 86.7 cm³/mol. The van der Waals surface area contributed by atoms with Gasteiger partial charge in [-0.05, 0) is 0 Å². The monoisotopic (exact) mass is 337 g/mol. The number of thioether (sulfide) groups is 1. The fraction of sp³-hybridized carbons (Fsp3) is 0.438. The first-order valence-electron chi connectivity index (χ1n) is 7.33. The number of Topliss-reactive ketones (excluding diaryl/α,β-unsaturated/α-hetero) is 1. The van der Waals surface area contributed by atoms with Gasteiger partial charge in [-0.15, -0.1) is 11.8 Å². The zero-order chi connectivity index (χ0) is 16.7. The van der Waals surface area contributed by atoms with Crippen LogP contribution >= 0.6 is 11.8 Å². The molecule has 1 fully saturated rings. The van der Waals surface area contributed by atoms with E-state index in [1.165, 1.54) is 11.8 Å². The molecule has 23 heavy (non-hydrogen) atoms. The number of aliphatic carboxylic acids is 1. The van der Waals surface area contributed by atoms with Crippen LogP contribution in [-0.2, 0) is 14.3 Å². The van der Waals surface area contributed by atoms with Crippen molar-refractivity contribution >= 4 is 29.4 Å². The number of ketones is 1. The van der Waals surface area contributed by atoms with Crippen LogP contribution in [0.1, 0.15) is 16.8 Å². The van der Waals surface area contributed by atoms with Crippen LogP contribution < -0.4 is 0 Å². The van der Waals surface area contributed by atoms with Crippen molar-refractivity contribution in [2.24, 2.45) is 0 Å². The zero-order valence-electron chi connectivity index (χ0n) is 12.6. The van der Waals surface area contributed by atoms with Crippen molar-refractivity contribution in [2.75, 3.05) is 31.3 Å². The Balaban J connectivity index is 1.81. The van der Waals surface area contributed by atoms with Crippen LogP contribution in [0.2, 0.25) is 0 Å². The molecular formula is C16H19NO5S. The second-order valence-corrected chi connectivity index (χ2v) is 6.18. The average Bonchev–Trinajstić information content (AvgIpc) is 2.55. The van der Waals surface area contributed by atoms with Gasteiger partial charge in [-0.2, -0.15) is 0 Å². The molecule has 6 nitrogen and oxygen atoms in total. The number of carbonyl (C=O) groups is 3. The van der Waals surface area contributed by atoms with Crippen molar-refractivity contribution in [3.8, 4) is 0 Å². The molecule has 0 spiro atoms. The summed E-state index contributed by atoms with van der Waals surface area (Å²) < 4.78 is 5.25. The van der Waals surface area contributed by atoms with E-state index in [9.17, 15) is 14.4 Å². The van der Waals surface area contributed by atoms with E-state index in [0.29, 0.717) is 18.7 Å². The van der Waals surface area contributed by atoms with E-state index in [-0.39, 0.29) is 36.2 Å². The number of amides is 1. The quantitative estimate of drug-likeness (QED) is 0.755. The van der Waals surface area contributed by atoms with Crippen molar-refractivity contribution in [1.29, 1.82) is 0 Å². The summed E-state index contributed by atoms with van der Waals surface area (Å²) in [5.74, 6) is -0.735. The minimum atomic E-state index is -0.954. The van der Waals surface area contributed by atoms with Gasteiger partial charge in [0, 0.05) is 12.1 Å². The van der Waals surface area contributed by atoms with E-state index in [1.54, 1.807) is 29.2 Å². The summed E-state index contributed by atoms with van der Waals surface area (Å²) in [6, 6.07) is 8.50. The summed E-state index contributed by atoms with van der Waals surface area (Å²) in [6.45, 7) is 1.05. The maximum absolute atomic E-state index is 12.3. The largest absolute Gasteiger partial charge is 0.481 e. The van der Waals surface area contributed by atoms with Crippen molar-refractivity contribution in [3.63, 3.8) is 0 Å². The second kappa shape index (κ2) is 8.69. The molecule has 1 heterocycles. The summed E-state index contributed by atoms with van der Waals surface area (Å²) in [5.41, 5.74) is 0.627. The van der Waals surface area contributed by atoms with E-state index >= 15 is 0 Å². The molecule has 0 aromatic heterocycles. The predicted octanol–water partition coefficient (Wildman–Crippen LogP) is 1.30. The lowest BCUT2D eigenvalue weighted by Crippen LogP contribution is -2.50. The number of carboxylic acids is 1. The first-order valence-corrected chi connectivity index (χ1v) is 8.48. The molecule has 0 bridgehead atoms. The lowest BCUT2D eigenvalue weighted by Gasteiger charge is -2.34. The standard InChI is InChI=1S/C16H19NO5S/c18-14(12-4-2-1-3-5-12)10-23-11-15(19)17-6-7-22-9-13(17)8-16(20)21/h1-5,13H,6-11H2,(H,20,21). The van der Waals surface area contributed by atoms with E-state index in [1.807, 2.05) is 6.07 Å². The number of morpholine rings is 1. The van der Waals surface area contributed by atoms with Crippen LogP contribution in [-0.4, -0.2) is 65.0 Å². The Hall–Kier alpha value is -1.86. The van der Waals surface area contributed by atoms with Gasteiger partial charge < -0.3 is 14.7 Å². The fourth-order valence-corrected chi connectivity index (χ4v) is 3.17. The van der Waals surface area contributed by atoms with Crippen LogP contribution in [0.15, 0.2) is 30.3 Å². The van der Waals surface area contributed by atoms with Gasteiger partial charge in [-0.3, -0.25) is 14.4 Å². The molecule has 0 radical (unpaired) electrons. The molecule has 1 atom stereocenters. The molecule has 124 valence electrons. The Morgan fingerprint density at radius 3 is 2.65 bits per heavy atom. The third-order valence-corrected chi connectivity index (χ3v) is 4.43. The topological polar surface area (TPSA) is 83.9 Å². The molecular weight excluding hydrogens is 318 g/mol. The number of ether oxygens (including phenoxy) is 1. The van der Waals surface area contributed by atoms with Crippen molar-refractivity contribution in [1.82, 2.24) is 4.90 Å². The minimum absolute atomic E-state index is 0.0209. The number of benzene rings is 1. The molecule has 0 saturated carbocycles. The van der Waals surface area contributed by atoms with Crippen LogP contribution in [0.4, 0.5) is 0 Å². The van der Waals surface area contributed by atoms with Gasteiger partial charge in [0.1, 0.15) is 0 Å². The SMILES string of the molecule is O=C(O)CC1COCCN1C(=O)CSCC(=O)c1ccccc1. The van der Waals surface area contributed by atoms with Gasteiger partial charge in [0.05, 0.1) is 37.2 Å². The zero-order valence-corrected chi connectivity index (χ0v) is 13.5. The van der Waals surface area contributed by atoms with Crippen molar-refractivity contribution in [2.45, 2.75) is 12.5 Å². The fourth-order valence-electron chi connectivity index (χ4n) is 2.38. The molecule has 1 aliphatic heterocycles. The number of nitrogens with zero attached hydrogens (tertiary/aromatic N) is 1. The van der Waals surface area contributed by atoms with Crippen molar-refractivity contribution in [3.05, 3.63) is 35.9 Å². The number of carbonyl (C=O) groups excluding carboxylic acids is 2. The second-order valence-electron chi connectivity index (χ2n) is 5.20. The molecule has 2 rings (SSSR count). The van der Waals surface area contributed by atoms with Gasteiger partial charge in [0.25, 0.3) is 0 Å². The first kappa shape index (κ1) is 17.5. The summed E-state index contributed by atoms with van der Waals surface area (Å²) in [4.78, 5) is 36.6. The first-order chi connectivity index (χ1) is 11.1. The number of hydrogen-bond donors (Lipinski definition) is 1. The lowest BCUT2D eigenvalue weighted by molar-refractivity contribution is -0.144. The number of rotatable bonds is 7. The molecule has 1 aromatic carbocycles. The highest BCUT2D eigenvalue weighted by molar-refractivity contribution is 8.00. The highest BCUT2D eigenvalue weighted by atomic mass is 32.2. The summed E-state index contributed by atoms with van der Waals surface area (Å²) in [5, 5.41) is 8.90. The summed E-state index contributed by atoms with van der Waals surface area (Å²) in [6.07, 6.45) is -0.126. The van der Waals surface area contributed by atoms with Crippen LogP contribution in [0.5, 0.6) is 0 Å². The maximum Gasteiger partial charge on any atom is 0.305 e. The van der Waals surface area contributed by atoms with Gasteiger partial charge in [-0.25, -0.2) is 0 Å².